The summed E-state index contributed by atoms with van der Waals surface area (Å²) in [7, 11) is 0. The molecule has 4 heteroatoms. The first-order valence-corrected chi connectivity index (χ1v) is 8.13. The fraction of sp³-hybridized carbons (Fsp3) is 0.533. The van der Waals surface area contributed by atoms with Crippen LogP contribution >= 0.6 is 11.8 Å². The van der Waals surface area contributed by atoms with E-state index in [-0.39, 0.29) is 0 Å². The predicted molar refractivity (Wildman–Crippen MR) is 79.9 cm³/mol. The topological polar surface area (TPSA) is 38.1 Å². The molecule has 100 valence electrons. The minimum Gasteiger partial charge on any atom is -0.440 e. The van der Waals surface area contributed by atoms with Gasteiger partial charge < -0.3 is 9.73 Å². The SMILES string of the molecule is CC1SCCC1Nc1ccc2oc(C3CC3)nc2c1. The number of aromatic nitrogens is 1. The van der Waals surface area contributed by atoms with Crippen LogP contribution in [0.5, 0.6) is 0 Å². The van der Waals surface area contributed by atoms with Crippen LogP contribution in [0.25, 0.3) is 11.1 Å². The predicted octanol–water partition coefficient (Wildman–Crippen LogP) is 4.01. The summed E-state index contributed by atoms with van der Waals surface area (Å²) in [5.41, 5.74) is 3.08. The number of anilines is 1. The van der Waals surface area contributed by atoms with E-state index in [0.29, 0.717) is 17.2 Å². The lowest BCUT2D eigenvalue weighted by Crippen LogP contribution is -2.24. The molecule has 2 unspecified atom stereocenters. The molecule has 2 atom stereocenters. The van der Waals surface area contributed by atoms with Crippen LogP contribution in [0.4, 0.5) is 5.69 Å². The first-order valence-electron chi connectivity index (χ1n) is 7.08. The van der Waals surface area contributed by atoms with Gasteiger partial charge in [0, 0.05) is 22.9 Å². The summed E-state index contributed by atoms with van der Waals surface area (Å²) >= 11 is 2.05. The maximum Gasteiger partial charge on any atom is 0.198 e. The van der Waals surface area contributed by atoms with Crippen molar-refractivity contribution >= 4 is 28.5 Å². The Hall–Kier alpha value is -1.16. The van der Waals surface area contributed by atoms with Gasteiger partial charge in [-0.2, -0.15) is 11.8 Å². The van der Waals surface area contributed by atoms with Crippen LogP contribution in [0, 0.1) is 0 Å². The Morgan fingerprint density at radius 2 is 2.21 bits per heavy atom. The van der Waals surface area contributed by atoms with Crippen molar-refractivity contribution in [1.29, 1.82) is 0 Å². The second-order valence-electron chi connectivity index (χ2n) is 5.62. The van der Waals surface area contributed by atoms with Gasteiger partial charge >= 0.3 is 0 Å². The van der Waals surface area contributed by atoms with Crippen molar-refractivity contribution < 1.29 is 4.42 Å². The summed E-state index contributed by atoms with van der Waals surface area (Å²) in [5.74, 6) is 2.77. The maximum absolute atomic E-state index is 5.80. The van der Waals surface area contributed by atoms with Gasteiger partial charge in [-0.25, -0.2) is 4.98 Å². The number of fused-ring (bicyclic) bond motifs is 1. The van der Waals surface area contributed by atoms with Gasteiger partial charge in [0.15, 0.2) is 11.5 Å². The molecule has 0 spiro atoms. The van der Waals surface area contributed by atoms with Crippen molar-refractivity contribution in [1.82, 2.24) is 4.98 Å². The number of rotatable bonds is 3. The van der Waals surface area contributed by atoms with Crippen LogP contribution in [-0.2, 0) is 0 Å². The highest BCUT2D eigenvalue weighted by atomic mass is 32.2. The quantitative estimate of drug-likeness (QED) is 0.917. The molecule has 1 aliphatic heterocycles. The fourth-order valence-electron chi connectivity index (χ4n) is 2.68. The molecule has 1 saturated heterocycles. The van der Waals surface area contributed by atoms with Gasteiger partial charge in [-0.3, -0.25) is 0 Å². The number of nitrogens with one attached hydrogen (secondary N) is 1. The Balaban J connectivity index is 1.60. The third-order valence-corrected chi connectivity index (χ3v) is 5.38. The highest BCUT2D eigenvalue weighted by Crippen LogP contribution is 2.40. The summed E-state index contributed by atoms with van der Waals surface area (Å²) in [6.07, 6.45) is 3.71. The van der Waals surface area contributed by atoms with Gasteiger partial charge in [-0.05, 0) is 43.2 Å². The van der Waals surface area contributed by atoms with E-state index in [0.717, 1.165) is 17.0 Å². The third-order valence-electron chi connectivity index (χ3n) is 4.06. The van der Waals surface area contributed by atoms with E-state index in [2.05, 4.69) is 29.4 Å². The van der Waals surface area contributed by atoms with Crippen molar-refractivity contribution in [3.8, 4) is 0 Å². The number of nitrogens with zero attached hydrogens (tertiary/aromatic N) is 1. The standard InChI is InChI=1S/C15H18N2OS/c1-9-12(6-7-19-9)16-11-4-5-14-13(8-11)17-15(18-14)10-2-3-10/h4-5,8-10,12,16H,2-3,6-7H2,1H3. The zero-order valence-electron chi connectivity index (χ0n) is 11.1. The van der Waals surface area contributed by atoms with Crippen molar-refractivity contribution in [2.75, 3.05) is 11.1 Å². The lowest BCUT2D eigenvalue weighted by Gasteiger charge is -2.17. The molecule has 2 heterocycles. The Morgan fingerprint density at radius 3 is 2.95 bits per heavy atom. The largest absolute Gasteiger partial charge is 0.440 e. The number of hydrogen-bond donors (Lipinski definition) is 1. The van der Waals surface area contributed by atoms with E-state index < -0.39 is 0 Å². The molecule has 2 fully saturated rings. The van der Waals surface area contributed by atoms with E-state index in [1.807, 2.05) is 17.8 Å². The molecule has 1 aromatic carbocycles. The van der Waals surface area contributed by atoms with E-state index in [9.17, 15) is 0 Å². The number of oxazole rings is 1. The summed E-state index contributed by atoms with van der Waals surface area (Å²) < 4.78 is 5.80. The monoisotopic (exact) mass is 274 g/mol. The van der Waals surface area contributed by atoms with E-state index >= 15 is 0 Å². The normalized spacial score (nSPS) is 27.0. The molecule has 2 aromatic rings. The Kier molecular flexibility index (Phi) is 2.72. The molecule has 4 rings (SSSR count). The zero-order chi connectivity index (χ0) is 12.8. The van der Waals surface area contributed by atoms with Gasteiger partial charge in [-0.15, -0.1) is 0 Å². The molecule has 0 amide bonds. The Bertz CT molecular complexity index is 605. The molecule has 1 N–H and O–H groups in total. The molecule has 0 radical (unpaired) electrons. The lowest BCUT2D eigenvalue weighted by atomic mass is 10.1. The molecule has 2 aliphatic rings. The summed E-state index contributed by atoms with van der Waals surface area (Å²) in [4.78, 5) is 4.62. The van der Waals surface area contributed by atoms with Gasteiger partial charge in [0.2, 0.25) is 0 Å². The smallest absolute Gasteiger partial charge is 0.198 e. The van der Waals surface area contributed by atoms with E-state index in [4.69, 9.17) is 4.42 Å². The summed E-state index contributed by atoms with van der Waals surface area (Å²) in [5, 5.41) is 4.32. The first-order chi connectivity index (χ1) is 9.29. The van der Waals surface area contributed by atoms with Crippen molar-refractivity contribution in [2.45, 2.75) is 43.4 Å². The van der Waals surface area contributed by atoms with E-state index in [1.165, 1.54) is 30.7 Å². The molecule has 19 heavy (non-hydrogen) atoms. The van der Waals surface area contributed by atoms with Gasteiger partial charge in [-0.1, -0.05) is 6.92 Å². The van der Waals surface area contributed by atoms with Crippen LogP contribution in [0.2, 0.25) is 0 Å². The highest BCUT2D eigenvalue weighted by molar-refractivity contribution is 8.00. The van der Waals surface area contributed by atoms with Gasteiger partial charge in [0.25, 0.3) is 0 Å². The summed E-state index contributed by atoms with van der Waals surface area (Å²) in [6, 6.07) is 6.86. The van der Waals surface area contributed by atoms with Crippen LogP contribution in [0.15, 0.2) is 22.6 Å². The second-order valence-corrected chi connectivity index (χ2v) is 7.11. The van der Waals surface area contributed by atoms with Crippen LogP contribution in [-0.4, -0.2) is 22.0 Å². The average Bonchev–Trinajstić information content (AvgIpc) is 3.06. The third kappa shape index (κ3) is 2.22. The molecular weight excluding hydrogens is 256 g/mol. The maximum atomic E-state index is 5.80. The Morgan fingerprint density at radius 1 is 1.32 bits per heavy atom. The van der Waals surface area contributed by atoms with E-state index in [1.54, 1.807) is 0 Å². The minimum atomic E-state index is 0.579. The second kappa shape index (κ2) is 4.44. The molecule has 1 saturated carbocycles. The number of benzene rings is 1. The van der Waals surface area contributed by atoms with Crippen molar-refractivity contribution in [3.63, 3.8) is 0 Å². The molecular formula is C15H18N2OS. The van der Waals surface area contributed by atoms with Crippen LogP contribution < -0.4 is 5.32 Å². The minimum absolute atomic E-state index is 0.579. The molecule has 0 bridgehead atoms. The summed E-state index contributed by atoms with van der Waals surface area (Å²) in [6.45, 7) is 2.30. The number of thioether (sulfide) groups is 1. The molecule has 1 aromatic heterocycles. The molecule has 3 nitrogen and oxygen atoms in total. The van der Waals surface area contributed by atoms with Crippen molar-refractivity contribution in [2.24, 2.45) is 0 Å². The highest BCUT2D eigenvalue weighted by Gasteiger charge is 2.29. The van der Waals surface area contributed by atoms with Gasteiger partial charge in [0.05, 0.1) is 0 Å². The van der Waals surface area contributed by atoms with Gasteiger partial charge in [0.1, 0.15) is 5.52 Å². The van der Waals surface area contributed by atoms with Crippen LogP contribution in [0.3, 0.4) is 0 Å². The zero-order valence-corrected chi connectivity index (χ0v) is 11.9. The average molecular weight is 274 g/mol. The Labute approximate surface area is 117 Å². The number of hydrogen-bond acceptors (Lipinski definition) is 4. The molecule has 1 aliphatic carbocycles. The van der Waals surface area contributed by atoms with Crippen molar-refractivity contribution in [3.05, 3.63) is 24.1 Å². The van der Waals surface area contributed by atoms with Crippen LogP contribution in [0.1, 0.15) is 38.0 Å². The fourth-order valence-corrected chi connectivity index (χ4v) is 3.87. The first kappa shape index (κ1) is 11.6. The lowest BCUT2D eigenvalue weighted by molar-refractivity contribution is 0.533.